The number of carbonyl (C=O) groups is 3. The first-order chi connectivity index (χ1) is 13.0. The van der Waals surface area contributed by atoms with Crippen LogP contribution in [0.25, 0.3) is 0 Å². The van der Waals surface area contributed by atoms with Crippen LogP contribution in [0.15, 0.2) is 24.3 Å². The lowest BCUT2D eigenvalue weighted by atomic mass is 10.3. The molecule has 0 fully saturated rings. The van der Waals surface area contributed by atoms with Crippen molar-refractivity contribution < 1.29 is 28.6 Å². The van der Waals surface area contributed by atoms with Gasteiger partial charge in [0.2, 0.25) is 5.91 Å². The van der Waals surface area contributed by atoms with Crippen LogP contribution in [0.4, 0.5) is 0 Å². The minimum atomic E-state index is -0.356. The van der Waals surface area contributed by atoms with E-state index in [0.29, 0.717) is 37.6 Å². The molecule has 8 heteroatoms. The average Bonchev–Trinajstić information content (AvgIpc) is 2.65. The molecule has 0 unspecified atom stereocenters. The van der Waals surface area contributed by atoms with E-state index in [1.54, 1.807) is 43.2 Å². The number of benzene rings is 1. The molecule has 0 saturated carbocycles. The van der Waals surface area contributed by atoms with Crippen LogP contribution in [-0.4, -0.2) is 62.6 Å². The van der Waals surface area contributed by atoms with Gasteiger partial charge in [0.05, 0.1) is 20.1 Å². The first kappa shape index (κ1) is 22.3. The lowest BCUT2D eigenvalue weighted by molar-refractivity contribution is -0.144. The molecule has 0 aliphatic carbocycles. The summed E-state index contributed by atoms with van der Waals surface area (Å²) in [5, 5.41) is 2.68. The summed E-state index contributed by atoms with van der Waals surface area (Å²) in [4.78, 5) is 36.6. The van der Waals surface area contributed by atoms with E-state index in [9.17, 15) is 14.4 Å². The molecular formula is C19H28N2O6. The molecular weight excluding hydrogens is 352 g/mol. The monoisotopic (exact) mass is 380 g/mol. The van der Waals surface area contributed by atoms with Crippen molar-refractivity contribution in [2.24, 2.45) is 0 Å². The molecule has 2 amide bonds. The number of amides is 2. The van der Waals surface area contributed by atoms with E-state index >= 15 is 0 Å². The highest BCUT2D eigenvalue weighted by Crippen LogP contribution is 2.18. The molecule has 0 spiro atoms. The van der Waals surface area contributed by atoms with Gasteiger partial charge in [-0.1, -0.05) is 6.07 Å². The maximum absolute atomic E-state index is 12.5. The van der Waals surface area contributed by atoms with E-state index in [1.807, 2.05) is 0 Å². The van der Waals surface area contributed by atoms with Gasteiger partial charge in [0.25, 0.3) is 5.91 Å². The summed E-state index contributed by atoms with van der Waals surface area (Å²) in [6.07, 6.45) is 0.687. The van der Waals surface area contributed by atoms with Crippen molar-refractivity contribution in [3.05, 3.63) is 24.3 Å². The van der Waals surface area contributed by atoms with E-state index in [0.717, 1.165) is 0 Å². The molecule has 0 aliphatic heterocycles. The van der Waals surface area contributed by atoms with Gasteiger partial charge in [-0.3, -0.25) is 14.4 Å². The van der Waals surface area contributed by atoms with E-state index in [4.69, 9.17) is 14.2 Å². The molecule has 1 N–H and O–H groups in total. The molecule has 8 nitrogen and oxygen atoms in total. The van der Waals surface area contributed by atoms with Gasteiger partial charge in [-0.05, 0) is 25.5 Å². The second kappa shape index (κ2) is 12.6. The molecule has 0 bridgehead atoms. The number of ether oxygens (including phenoxy) is 3. The first-order valence-electron chi connectivity index (χ1n) is 8.91. The molecule has 0 atom stereocenters. The molecule has 150 valence electrons. The largest absolute Gasteiger partial charge is 0.497 e. The Hall–Kier alpha value is -2.77. The van der Waals surface area contributed by atoms with Crippen LogP contribution >= 0.6 is 0 Å². The van der Waals surface area contributed by atoms with E-state index in [1.165, 1.54) is 6.92 Å². The Labute approximate surface area is 159 Å². The normalized spacial score (nSPS) is 10.0. The minimum absolute atomic E-state index is 0.110. The summed E-state index contributed by atoms with van der Waals surface area (Å²) in [6, 6.07) is 6.97. The van der Waals surface area contributed by atoms with Crippen molar-refractivity contribution in [2.45, 2.75) is 26.7 Å². The molecule has 0 aliphatic rings. The van der Waals surface area contributed by atoms with Gasteiger partial charge in [-0.2, -0.15) is 0 Å². The number of methoxy groups -OCH3 is 1. The van der Waals surface area contributed by atoms with Gasteiger partial charge in [-0.15, -0.1) is 0 Å². The first-order valence-corrected chi connectivity index (χ1v) is 8.91. The fourth-order valence-electron chi connectivity index (χ4n) is 2.28. The number of nitrogens with one attached hydrogen (secondary N) is 1. The Balaban J connectivity index is 2.57. The van der Waals surface area contributed by atoms with Gasteiger partial charge in [-0.25, -0.2) is 0 Å². The van der Waals surface area contributed by atoms with Gasteiger partial charge in [0.15, 0.2) is 6.61 Å². The average molecular weight is 380 g/mol. The van der Waals surface area contributed by atoms with Crippen LogP contribution in [0, 0.1) is 0 Å². The quantitative estimate of drug-likeness (QED) is 0.435. The molecule has 1 aromatic carbocycles. The Morgan fingerprint density at radius 2 is 1.89 bits per heavy atom. The highest BCUT2D eigenvalue weighted by Gasteiger charge is 2.16. The van der Waals surface area contributed by atoms with Crippen LogP contribution in [0.5, 0.6) is 11.5 Å². The van der Waals surface area contributed by atoms with Gasteiger partial charge in [0, 0.05) is 32.6 Å². The van der Waals surface area contributed by atoms with Crippen LogP contribution in [-0.2, 0) is 19.1 Å². The Morgan fingerprint density at radius 3 is 2.56 bits per heavy atom. The van der Waals surface area contributed by atoms with Crippen molar-refractivity contribution in [3.8, 4) is 11.5 Å². The highest BCUT2D eigenvalue weighted by molar-refractivity contribution is 5.78. The van der Waals surface area contributed by atoms with Crippen molar-refractivity contribution in [1.29, 1.82) is 0 Å². The van der Waals surface area contributed by atoms with E-state index in [-0.39, 0.29) is 37.4 Å². The predicted molar refractivity (Wildman–Crippen MR) is 99.6 cm³/mol. The summed E-state index contributed by atoms with van der Waals surface area (Å²) in [6.45, 7) is 4.40. The third-order valence-corrected chi connectivity index (χ3v) is 3.63. The Morgan fingerprint density at radius 1 is 1.15 bits per heavy atom. The highest BCUT2D eigenvalue weighted by atomic mass is 16.5. The van der Waals surface area contributed by atoms with Crippen molar-refractivity contribution in [1.82, 2.24) is 10.2 Å². The predicted octanol–water partition coefficient (Wildman–Crippen LogP) is 1.38. The topological polar surface area (TPSA) is 94.2 Å². The molecule has 0 radical (unpaired) electrons. The molecule has 0 heterocycles. The SMILES string of the molecule is CCOC(=O)CCN(CCCNC(C)=O)C(=O)COc1cccc(OC)c1. The molecule has 27 heavy (non-hydrogen) atoms. The molecule has 0 saturated heterocycles. The van der Waals surface area contributed by atoms with E-state index < -0.39 is 0 Å². The van der Waals surface area contributed by atoms with Gasteiger partial charge < -0.3 is 24.4 Å². The summed E-state index contributed by atoms with van der Waals surface area (Å²) in [7, 11) is 1.55. The summed E-state index contributed by atoms with van der Waals surface area (Å²) < 4.78 is 15.6. The van der Waals surface area contributed by atoms with Crippen molar-refractivity contribution in [3.63, 3.8) is 0 Å². The molecule has 0 aromatic heterocycles. The number of rotatable bonds is 12. The smallest absolute Gasteiger partial charge is 0.307 e. The third-order valence-electron chi connectivity index (χ3n) is 3.63. The summed E-state index contributed by atoms with van der Waals surface area (Å²) >= 11 is 0. The maximum atomic E-state index is 12.5. The number of esters is 1. The second-order valence-corrected chi connectivity index (χ2v) is 5.74. The lowest BCUT2D eigenvalue weighted by Crippen LogP contribution is -2.38. The number of hydrogen-bond acceptors (Lipinski definition) is 6. The van der Waals surface area contributed by atoms with Crippen molar-refractivity contribution >= 4 is 17.8 Å². The Bertz CT molecular complexity index is 620. The Kier molecular flexibility index (Phi) is 10.4. The van der Waals surface area contributed by atoms with Crippen LogP contribution in [0.1, 0.15) is 26.7 Å². The zero-order valence-corrected chi connectivity index (χ0v) is 16.2. The summed E-state index contributed by atoms with van der Waals surface area (Å²) in [5.74, 6) is 0.428. The molecule has 1 aromatic rings. The fraction of sp³-hybridized carbons (Fsp3) is 0.526. The van der Waals surface area contributed by atoms with Crippen LogP contribution in [0.3, 0.4) is 0 Å². The third kappa shape index (κ3) is 9.48. The zero-order chi connectivity index (χ0) is 20.1. The number of nitrogens with zero attached hydrogens (tertiary/aromatic N) is 1. The number of hydrogen-bond donors (Lipinski definition) is 1. The van der Waals surface area contributed by atoms with E-state index in [2.05, 4.69) is 5.32 Å². The lowest BCUT2D eigenvalue weighted by Gasteiger charge is -2.22. The van der Waals surface area contributed by atoms with Gasteiger partial charge in [0.1, 0.15) is 11.5 Å². The van der Waals surface area contributed by atoms with Crippen molar-refractivity contribution in [2.75, 3.05) is 40.0 Å². The summed E-state index contributed by atoms with van der Waals surface area (Å²) in [5.41, 5.74) is 0. The fourth-order valence-corrected chi connectivity index (χ4v) is 2.28. The van der Waals surface area contributed by atoms with Crippen LogP contribution < -0.4 is 14.8 Å². The second-order valence-electron chi connectivity index (χ2n) is 5.74. The standard InChI is InChI=1S/C19H28N2O6/c1-4-26-19(24)9-12-21(11-6-10-20-15(2)22)18(23)14-27-17-8-5-7-16(13-17)25-3/h5,7-8,13H,4,6,9-12,14H2,1-3H3,(H,20,22). The maximum Gasteiger partial charge on any atom is 0.307 e. The van der Waals surface area contributed by atoms with Crippen LogP contribution in [0.2, 0.25) is 0 Å². The minimum Gasteiger partial charge on any atom is -0.497 e. The zero-order valence-electron chi connectivity index (χ0n) is 16.2. The van der Waals surface area contributed by atoms with Gasteiger partial charge >= 0.3 is 5.97 Å². The number of carbonyl (C=O) groups excluding carboxylic acids is 3. The molecule has 1 rings (SSSR count).